The van der Waals surface area contributed by atoms with Gasteiger partial charge in [0.05, 0.1) is 18.3 Å². The van der Waals surface area contributed by atoms with Crippen LogP contribution in [0.2, 0.25) is 0 Å². The number of rotatable bonds is 13. The molecule has 2 aromatic heterocycles. The summed E-state index contributed by atoms with van der Waals surface area (Å²) in [6.45, 7) is 10.4. The average molecular weight is 722 g/mol. The molecule has 0 aliphatic carbocycles. The van der Waals surface area contributed by atoms with Crippen molar-refractivity contribution < 1.29 is 43.3 Å². The molecule has 2 aliphatic rings. The van der Waals surface area contributed by atoms with Gasteiger partial charge in [0.15, 0.2) is 34.7 Å². The number of aromatic nitrogens is 4. The Hall–Kier alpha value is -4.72. The van der Waals surface area contributed by atoms with Crippen molar-refractivity contribution in [1.82, 2.24) is 24.3 Å². The number of urea groups is 1. The highest BCUT2D eigenvalue weighted by atomic mass is 32.2. The van der Waals surface area contributed by atoms with E-state index in [4.69, 9.17) is 21.0 Å². The monoisotopic (exact) mass is 721 g/mol. The van der Waals surface area contributed by atoms with Crippen LogP contribution in [0.3, 0.4) is 0 Å². The van der Waals surface area contributed by atoms with Crippen LogP contribution in [0.1, 0.15) is 60.2 Å². The molecular weight excluding hydrogens is 681 g/mol. The Labute approximate surface area is 290 Å². The standard InChI is InChI=1S/C29H40N10O8S2/c1-8-9-32-27(45)33-16-12-38(37(7)20(16)30)11-14-13-48-23-15(22(41)39(23)19(14)24(42)43)10-17(40)18(21-34-26(31)49-36-21)35-47-29(5,6)25(44)46-28(2,3)4/h12,15,23,30H,8-11,13H2,1-7H3,(H5,31,32,33,34,36,42,43,45)/p+1/b35-18+/t15-,23-/m1/s1. The van der Waals surface area contributed by atoms with E-state index < -0.39 is 52.2 Å². The number of nitrogens with zero attached hydrogens (tertiary/aromatic N) is 6. The number of anilines is 3. The summed E-state index contributed by atoms with van der Waals surface area (Å²) in [6, 6.07) is -0.430. The number of hydrogen-bond donors (Lipinski definition) is 5. The molecule has 20 heteroatoms. The largest absolute Gasteiger partial charge is 0.477 e. The van der Waals surface area contributed by atoms with Crippen molar-refractivity contribution in [1.29, 1.82) is 0 Å². The van der Waals surface area contributed by atoms with Gasteiger partial charge in [-0.1, -0.05) is 12.1 Å². The number of Topliss-reactive ketones (excluding diaryl/α,β-unsaturated/α-hetero) is 1. The van der Waals surface area contributed by atoms with Crippen LogP contribution in [0.5, 0.6) is 0 Å². The van der Waals surface area contributed by atoms with Gasteiger partial charge in [-0.25, -0.2) is 14.4 Å². The van der Waals surface area contributed by atoms with E-state index in [1.54, 1.807) is 43.4 Å². The van der Waals surface area contributed by atoms with Crippen molar-refractivity contribution >= 4 is 75.3 Å². The lowest BCUT2D eigenvalue weighted by atomic mass is 9.89. The molecule has 1 fully saturated rings. The second-order valence-corrected chi connectivity index (χ2v) is 14.7. The van der Waals surface area contributed by atoms with Gasteiger partial charge in [-0.2, -0.15) is 9.36 Å². The van der Waals surface area contributed by atoms with Crippen LogP contribution < -0.4 is 26.8 Å². The van der Waals surface area contributed by atoms with Crippen molar-refractivity contribution in [3.63, 3.8) is 0 Å². The Morgan fingerprint density at radius 2 is 1.90 bits per heavy atom. The van der Waals surface area contributed by atoms with Crippen LogP contribution in [0.25, 0.3) is 0 Å². The number of carbonyl (C=O) groups excluding carboxylic acids is 4. The summed E-state index contributed by atoms with van der Waals surface area (Å²) >= 11 is 2.13. The van der Waals surface area contributed by atoms with E-state index >= 15 is 0 Å². The predicted octanol–water partition coefficient (Wildman–Crippen LogP) is 1.23. The van der Waals surface area contributed by atoms with E-state index in [0.29, 0.717) is 17.8 Å². The first-order valence-corrected chi connectivity index (χ1v) is 17.1. The highest BCUT2D eigenvalue weighted by molar-refractivity contribution is 8.00. The number of thioether (sulfide) groups is 1. The average Bonchev–Trinajstić information content (AvgIpc) is 3.55. The van der Waals surface area contributed by atoms with Crippen molar-refractivity contribution in [3.05, 3.63) is 23.3 Å². The van der Waals surface area contributed by atoms with E-state index in [9.17, 15) is 29.1 Å². The van der Waals surface area contributed by atoms with Crippen molar-refractivity contribution in [3.8, 4) is 0 Å². The molecule has 7 N–H and O–H groups in total. The molecule has 1 saturated heterocycles. The molecule has 0 spiro atoms. The molecule has 0 radical (unpaired) electrons. The molecule has 2 aromatic rings. The first-order valence-electron chi connectivity index (χ1n) is 15.3. The Bertz CT molecular complexity index is 1720. The second kappa shape index (κ2) is 14.4. The summed E-state index contributed by atoms with van der Waals surface area (Å²) in [7, 11) is 1.66. The molecule has 4 rings (SSSR count). The van der Waals surface area contributed by atoms with Gasteiger partial charge < -0.3 is 31.5 Å². The van der Waals surface area contributed by atoms with Crippen LogP contribution in [0.15, 0.2) is 22.6 Å². The number of nitrogen functional groups attached to an aromatic ring is 2. The summed E-state index contributed by atoms with van der Waals surface area (Å²) in [4.78, 5) is 75.2. The van der Waals surface area contributed by atoms with Crippen molar-refractivity contribution in [2.45, 2.75) is 77.5 Å². The van der Waals surface area contributed by atoms with E-state index in [0.717, 1.165) is 18.0 Å². The third-order valence-electron chi connectivity index (χ3n) is 7.36. The number of ether oxygens (including phenoxy) is 1. The lowest BCUT2D eigenvalue weighted by molar-refractivity contribution is -0.765. The van der Waals surface area contributed by atoms with Gasteiger partial charge in [-0.05, 0) is 41.0 Å². The number of β-lactam (4-membered cyclic amide) rings is 1. The predicted molar refractivity (Wildman–Crippen MR) is 180 cm³/mol. The zero-order valence-electron chi connectivity index (χ0n) is 28.2. The topological polar surface area (TPSA) is 250 Å². The SMILES string of the molecule is CCCNC(=O)Nc1c[n+](CC2=C(C(=O)O)N3C(=O)[C@@H](CC(=O)/C(=N\OC(C)(C)C(=O)OC(C)(C)C)c4nsc(N)n4)[C@H]3SC2)n(C)c1N. The molecule has 0 aromatic carbocycles. The Morgan fingerprint density at radius 3 is 2.49 bits per heavy atom. The minimum Gasteiger partial charge on any atom is -0.477 e. The van der Waals surface area contributed by atoms with E-state index in [2.05, 4.69) is 25.1 Å². The summed E-state index contributed by atoms with van der Waals surface area (Å²) < 4.78 is 12.6. The zero-order chi connectivity index (χ0) is 36.4. The second-order valence-electron chi connectivity index (χ2n) is 12.8. The maximum absolute atomic E-state index is 13.6. The number of amides is 3. The number of ketones is 1. The fourth-order valence-electron chi connectivity index (χ4n) is 4.84. The minimum absolute atomic E-state index is 0.0555. The number of aliphatic carboxylic acids is 1. The molecule has 0 saturated carbocycles. The number of carboxylic acids is 1. The fourth-order valence-corrected chi connectivity index (χ4v) is 6.68. The maximum atomic E-state index is 13.6. The number of esters is 1. The summed E-state index contributed by atoms with van der Waals surface area (Å²) in [5.74, 6) is -3.81. The maximum Gasteiger partial charge on any atom is 0.353 e. The van der Waals surface area contributed by atoms with Gasteiger partial charge in [-0.3, -0.25) is 19.8 Å². The summed E-state index contributed by atoms with van der Waals surface area (Å²) in [5, 5.41) is 18.9. The van der Waals surface area contributed by atoms with Crippen LogP contribution in [0.4, 0.5) is 21.4 Å². The molecule has 3 amide bonds. The van der Waals surface area contributed by atoms with E-state index in [1.165, 1.54) is 30.5 Å². The first-order chi connectivity index (χ1) is 22.8. The van der Waals surface area contributed by atoms with Crippen LogP contribution in [-0.2, 0) is 42.3 Å². The summed E-state index contributed by atoms with van der Waals surface area (Å²) in [5.41, 5.74) is 9.75. The van der Waals surface area contributed by atoms with Crippen LogP contribution in [0, 0.1) is 5.92 Å². The van der Waals surface area contributed by atoms with Gasteiger partial charge >= 0.3 is 18.0 Å². The molecular formula is C29H41N10O8S2+. The van der Waals surface area contributed by atoms with E-state index in [-0.39, 0.29) is 46.9 Å². The van der Waals surface area contributed by atoms with Gasteiger partial charge in [0.25, 0.3) is 0 Å². The van der Waals surface area contributed by atoms with Crippen molar-refractivity contribution in [2.75, 3.05) is 29.1 Å². The molecule has 266 valence electrons. The number of nitrogens with two attached hydrogens (primary N) is 2. The fraction of sp³-hybridized carbons (Fsp3) is 0.552. The number of carboxylic acid groups (broad SMARTS) is 1. The molecule has 0 unspecified atom stereocenters. The molecule has 2 aliphatic heterocycles. The highest BCUT2D eigenvalue weighted by Crippen LogP contribution is 2.45. The highest BCUT2D eigenvalue weighted by Gasteiger charge is 2.54. The normalized spacial score (nSPS) is 18.1. The number of fused-ring (bicyclic) bond motifs is 1. The number of oxime groups is 1. The number of carbonyl (C=O) groups is 5. The minimum atomic E-state index is -1.60. The van der Waals surface area contributed by atoms with Crippen LogP contribution >= 0.6 is 23.3 Å². The molecule has 18 nitrogen and oxygen atoms in total. The molecule has 49 heavy (non-hydrogen) atoms. The van der Waals surface area contributed by atoms with Crippen molar-refractivity contribution in [2.24, 2.45) is 18.1 Å². The molecule has 4 heterocycles. The Morgan fingerprint density at radius 1 is 1.20 bits per heavy atom. The lowest BCUT2D eigenvalue weighted by Gasteiger charge is -2.49. The van der Waals surface area contributed by atoms with Gasteiger partial charge in [0.2, 0.25) is 23.5 Å². The Kier molecular flexibility index (Phi) is 10.9. The van der Waals surface area contributed by atoms with Gasteiger partial charge in [-0.15, -0.1) is 21.1 Å². The lowest BCUT2D eigenvalue weighted by Crippen LogP contribution is -2.62. The Balaban J connectivity index is 1.53. The third kappa shape index (κ3) is 8.30. The summed E-state index contributed by atoms with van der Waals surface area (Å²) in [6.07, 6.45) is 1.97. The first kappa shape index (κ1) is 37.1. The smallest absolute Gasteiger partial charge is 0.353 e. The molecule has 0 bridgehead atoms. The van der Waals surface area contributed by atoms with Gasteiger partial charge in [0.1, 0.15) is 11.3 Å². The van der Waals surface area contributed by atoms with Gasteiger partial charge in [0, 0.05) is 35.8 Å². The number of hydrogen-bond acceptors (Lipinski definition) is 14. The van der Waals surface area contributed by atoms with Crippen LogP contribution in [-0.4, -0.2) is 88.3 Å². The zero-order valence-corrected chi connectivity index (χ0v) is 29.9. The van der Waals surface area contributed by atoms with E-state index in [1.807, 2.05) is 6.92 Å². The quantitative estimate of drug-likeness (QED) is 0.0643. The number of nitrogens with one attached hydrogen (secondary N) is 2. The third-order valence-corrected chi connectivity index (χ3v) is 9.30. The molecule has 2 atom stereocenters.